The molecule has 0 atom stereocenters. The van der Waals surface area contributed by atoms with Crippen molar-refractivity contribution in [2.75, 3.05) is 5.73 Å². The van der Waals surface area contributed by atoms with E-state index in [1.165, 1.54) is 13.0 Å². The number of amides is 2. The number of fused-ring (bicyclic) bond motifs is 1. The fourth-order valence-electron chi connectivity index (χ4n) is 2.62. The van der Waals surface area contributed by atoms with Crippen LogP contribution in [0.2, 0.25) is 0 Å². The molecule has 0 aliphatic carbocycles. The van der Waals surface area contributed by atoms with Gasteiger partial charge < -0.3 is 10.8 Å². The van der Waals surface area contributed by atoms with E-state index in [9.17, 15) is 32.5 Å². The summed E-state index contributed by atoms with van der Waals surface area (Å²) in [6, 6.07) is 3.09. The highest BCUT2D eigenvalue weighted by atomic mass is 32.2. The number of nitrogens with zero attached hydrogens (tertiary/aromatic N) is 1. The molecule has 0 fully saturated rings. The molecular weight excluding hydrogens is 354 g/mol. The number of phenols is 1. The van der Waals surface area contributed by atoms with Crippen LogP contribution in [-0.4, -0.2) is 34.5 Å². The average molecular weight is 365 g/mol. The first-order valence-corrected chi connectivity index (χ1v) is 8.19. The fourth-order valence-corrected chi connectivity index (χ4v) is 3.31. The Morgan fingerprint density at radius 2 is 1.76 bits per heavy atom. The predicted octanol–water partition coefficient (Wildman–Crippen LogP) is -0.436. The number of hydrogen-bond acceptors (Lipinski definition) is 7. The molecule has 5 N–H and O–H groups in total. The molecule has 1 aliphatic rings. The normalized spacial score (nSPS) is 13.7. The summed E-state index contributed by atoms with van der Waals surface area (Å²) in [5.41, 5.74) is 4.40. The standard InChI is InChI=1S/C14H11N3O7S/c1-5-2-7(11(19)8(3-5)25(22,23)24)17-9(18)4-6-10(12(17)15)14(21)16-13(6)20/h2-4,19H,15H2,1H3,(H,16,20,21)(H,22,23,24). The second-order valence-corrected chi connectivity index (χ2v) is 6.77. The lowest BCUT2D eigenvalue weighted by atomic mass is 10.1. The van der Waals surface area contributed by atoms with Crippen molar-refractivity contribution in [2.45, 2.75) is 11.8 Å². The summed E-state index contributed by atoms with van der Waals surface area (Å²) in [7, 11) is -4.78. The van der Waals surface area contributed by atoms with Gasteiger partial charge in [0.1, 0.15) is 10.7 Å². The van der Waals surface area contributed by atoms with Crippen LogP contribution in [0.25, 0.3) is 5.69 Å². The summed E-state index contributed by atoms with van der Waals surface area (Å²) in [5.74, 6) is -2.99. The van der Waals surface area contributed by atoms with Gasteiger partial charge in [-0.15, -0.1) is 0 Å². The minimum absolute atomic E-state index is 0.217. The van der Waals surface area contributed by atoms with Crippen LogP contribution in [0.3, 0.4) is 0 Å². The van der Waals surface area contributed by atoms with Crippen LogP contribution in [0.1, 0.15) is 26.3 Å². The Kier molecular flexibility index (Phi) is 3.44. The Hall–Kier alpha value is -3.18. The molecule has 11 heteroatoms. The van der Waals surface area contributed by atoms with Crippen molar-refractivity contribution in [3.63, 3.8) is 0 Å². The van der Waals surface area contributed by atoms with Gasteiger partial charge in [-0.05, 0) is 24.6 Å². The molecule has 2 heterocycles. The van der Waals surface area contributed by atoms with Gasteiger partial charge >= 0.3 is 0 Å². The van der Waals surface area contributed by atoms with Crippen LogP contribution in [0.15, 0.2) is 27.9 Å². The highest BCUT2D eigenvalue weighted by molar-refractivity contribution is 7.86. The van der Waals surface area contributed by atoms with Crippen LogP contribution >= 0.6 is 0 Å². The van der Waals surface area contributed by atoms with E-state index in [2.05, 4.69) is 0 Å². The number of aryl methyl sites for hydroxylation is 1. The second-order valence-electron chi connectivity index (χ2n) is 5.38. The third-order valence-electron chi connectivity index (χ3n) is 3.67. The lowest BCUT2D eigenvalue weighted by Crippen LogP contribution is -2.24. The summed E-state index contributed by atoms with van der Waals surface area (Å²) in [6.07, 6.45) is 0. The number of pyridine rings is 1. The first-order chi connectivity index (χ1) is 11.5. The molecule has 0 unspecified atom stereocenters. The van der Waals surface area contributed by atoms with Gasteiger partial charge in [-0.3, -0.25) is 28.8 Å². The molecule has 2 amide bonds. The SMILES string of the molecule is Cc1cc(-n2c(N)c3c(cc2=O)C(=O)NC3=O)c(O)c(S(=O)(=O)O)c1. The third kappa shape index (κ3) is 2.45. The van der Waals surface area contributed by atoms with Gasteiger partial charge in [-0.2, -0.15) is 8.42 Å². The van der Waals surface area contributed by atoms with Crippen LogP contribution in [0.5, 0.6) is 5.75 Å². The number of nitrogens with one attached hydrogen (secondary N) is 1. The highest BCUT2D eigenvalue weighted by Crippen LogP contribution is 2.33. The third-order valence-corrected chi connectivity index (χ3v) is 4.54. The first-order valence-electron chi connectivity index (χ1n) is 6.75. The zero-order valence-corrected chi connectivity index (χ0v) is 13.4. The Labute approximate surface area is 140 Å². The van der Waals surface area contributed by atoms with Crippen molar-refractivity contribution in [3.05, 3.63) is 45.2 Å². The van der Waals surface area contributed by atoms with Gasteiger partial charge in [0.05, 0.1) is 16.8 Å². The number of nitrogens with two attached hydrogens (primary N) is 1. The van der Waals surface area contributed by atoms with Crippen molar-refractivity contribution in [1.29, 1.82) is 0 Å². The zero-order valence-electron chi connectivity index (χ0n) is 12.6. The minimum atomic E-state index is -4.78. The molecule has 2 aromatic rings. The first kappa shape index (κ1) is 16.7. The molecule has 1 aromatic carbocycles. The summed E-state index contributed by atoms with van der Waals surface area (Å²) < 4.78 is 32.7. The van der Waals surface area contributed by atoms with Crippen molar-refractivity contribution < 1.29 is 27.7 Å². The Balaban J connectivity index is 2.43. The van der Waals surface area contributed by atoms with E-state index >= 15 is 0 Å². The largest absolute Gasteiger partial charge is 0.504 e. The minimum Gasteiger partial charge on any atom is -0.504 e. The van der Waals surface area contributed by atoms with Gasteiger partial charge in [0.2, 0.25) is 0 Å². The zero-order chi connectivity index (χ0) is 18.7. The van der Waals surface area contributed by atoms with Crippen molar-refractivity contribution in [3.8, 4) is 11.4 Å². The smallest absolute Gasteiger partial charge is 0.298 e. The van der Waals surface area contributed by atoms with E-state index in [1.807, 2.05) is 5.32 Å². The summed E-state index contributed by atoms with van der Waals surface area (Å²) in [4.78, 5) is 35.0. The number of carbonyl (C=O) groups excluding carboxylic acids is 2. The summed E-state index contributed by atoms with van der Waals surface area (Å²) in [6.45, 7) is 1.46. The summed E-state index contributed by atoms with van der Waals surface area (Å²) in [5, 5.41) is 12.2. The van der Waals surface area contributed by atoms with Crippen LogP contribution in [-0.2, 0) is 10.1 Å². The topological polar surface area (TPSA) is 169 Å². The van der Waals surface area contributed by atoms with E-state index in [4.69, 9.17) is 5.73 Å². The quantitative estimate of drug-likeness (QED) is 0.410. The number of hydrogen-bond donors (Lipinski definition) is 4. The number of imide groups is 1. The number of nitrogen functional groups attached to an aromatic ring is 1. The summed E-state index contributed by atoms with van der Waals surface area (Å²) >= 11 is 0. The molecular formula is C14H11N3O7S. The van der Waals surface area contributed by atoms with E-state index < -0.39 is 44.0 Å². The second kappa shape index (κ2) is 5.16. The number of aromatic nitrogens is 1. The Morgan fingerprint density at radius 1 is 1.12 bits per heavy atom. The maximum Gasteiger partial charge on any atom is 0.298 e. The molecule has 3 rings (SSSR count). The van der Waals surface area contributed by atoms with Crippen molar-refractivity contribution >= 4 is 27.8 Å². The van der Waals surface area contributed by atoms with Gasteiger partial charge in [0.25, 0.3) is 27.5 Å². The number of carbonyl (C=O) groups is 2. The van der Waals surface area contributed by atoms with E-state index in [1.54, 1.807) is 0 Å². The molecule has 130 valence electrons. The number of anilines is 1. The van der Waals surface area contributed by atoms with Crippen molar-refractivity contribution in [2.24, 2.45) is 0 Å². The lowest BCUT2D eigenvalue weighted by molar-refractivity contribution is 0.0880. The number of phenolic OH excluding ortho intramolecular Hbond substituents is 1. The predicted molar refractivity (Wildman–Crippen MR) is 84.5 cm³/mol. The fraction of sp³-hybridized carbons (Fsp3) is 0.0714. The molecule has 1 aliphatic heterocycles. The number of aromatic hydroxyl groups is 1. The van der Waals surface area contributed by atoms with Gasteiger partial charge in [-0.25, -0.2) is 0 Å². The van der Waals surface area contributed by atoms with Crippen LogP contribution in [0.4, 0.5) is 5.82 Å². The Morgan fingerprint density at radius 3 is 2.36 bits per heavy atom. The highest BCUT2D eigenvalue weighted by Gasteiger charge is 2.32. The van der Waals surface area contributed by atoms with Crippen LogP contribution < -0.4 is 16.6 Å². The maximum atomic E-state index is 12.3. The molecule has 0 saturated carbocycles. The molecule has 0 saturated heterocycles. The molecule has 25 heavy (non-hydrogen) atoms. The number of benzene rings is 1. The van der Waals surface area contributed by atoms with Gasteiger partial charge in [0, 0.05) is 6.07 Å². The molecule has 0 bridgehead atoms. The Bertz CT molecular complexity index is 1130. The van der Waals surface area contributed by atoms with E-state index in [-0.39, 0.29) is 22.4 Å². The van der Waals surface area contributed by atoms with Crippen LogP contribution in [0, 0.1) is 6.92 Å². The number of rotatable bonds is 2. The molecule has 10 nitrogen and oxygen atoms in total. The molecule has 0 radical (unpaired) electrons. The van der Waals surface area contributed by atoms with Crippen molar-refractivity contribution in [1.82, 2.24) is 9.88 Å². The lowest BCUT2D eigenvalue weighted by Gasteiger charge is -2.15. The average Bonchev–Trinajstić information content (AvgIpc) is 2.75. The molecule has 0 spiro atoms. The maximum absolute atomic E-state index is 12.3. The molecule has 1 aromatic heterocycles. The van der Waals surface area contributed by atoms with E-state index in [0.29, 0.717) is 4.57 Å². The van der Waals surface area contributed by atoms with Gasteiger partial charge in [0.15, 0.2) is 5.75 Å². The van der Waals surface area contributed by atoms with E-state index in [0.717, 1.165) is 12.1 Å². The monoisotopic (exact) mass is 365 g/mol. The van der Waals surface area contributed by atoms with Gasteiger partial charge in [-0.1, -0.05) is 0 Å².